The zero-order valence-corrected chi connectivity index (χ0v) is 12.9. The minimum atomic E-state index is -0.216. The number of ether oxygens (including phenoxy) is 1. The monoisotopic (exact) mass is 308 g/mol. The third kappa shape index (κ3) is 3.25. The lowest BCUT2D eigenvalue weighted by atomic mass is 10.1. The first-order valence-corrected chi connectivity index (χ1v) is 8.09. The molecule has 0 amide bonds. The standard InChI is InChI=1S/C14H20N4O2S/c1-19-11-5-8-21-12(11)14-16-13(17-20-14)10(15)9-18-6-3-2-4-7-18/h5,8,10H,2-4,6-7,9,15H2,1H3. The molecule has 1 aliphatic rings. The molecule has 0 aliphatic carbocycles. The Bertz CT molecular complexity index is 577. The number of hydrogen-bond donors (Lipinski definition) is 1. The molecule has 3 rings (SSSR count). The van der Waals surface area contributed by atoms with Crippen LogP contribution in [0.1, 0.15) is 31.1 Å². The Morgan fingerprint density at radius 3 is 3.00 bits per heavy atom. The number of likely N-dealkylation sites (tertiary alicyclic amines) is 1. The van der Waals surface area contributed by atoms with E-state index in [0.717, 1.165) is 30.3 Å². The van der Waals surface area contributed by atoms with Gasteiger partial charge in [-0.15, -0.1) is 11.3 Å². The molecule has 1 fully saturated rings. The second-order valence-corrected chi connectivity index (χ2v) is 6.16. The molecule has 0 saturated carbocycles. The smallest absolute Gasteiger partial charge is 0.271 e. The Morgan fingerprint density at radius 1 is 1.43 bits per heavy atom. The van der Waals surface area contributed by atoms with Gasteiger partial charge >= 0.3 is 0 Å². The van der Waals surface area contributed by atoms with E-state index in [1.165, 1.54) is 30.6 Å². The van der Waals surface area contributed by atoms with Crippen molar-refractivity contribution in [3.63, 3.8) is 0 Å². The molecule has 3 heterocycles. The van der Waals surface area contributed by atoms with Crippen molar-refractivity contribution < 1.29 is 9.26 Å². The molecule has 1 aliphatic heterocycles. The van der Waals surface area contributed by atoms with E-state index in [4.69, 9.17) is 15.0 Å². The van der Waals surface area contributed by atoms with Crippen LogP contribution in [0.5, 0.6) is 5.75 Å². The van der Waals surface area contributed by atoms with Crippen LogP contribution in [-0.4, -0.2) is 41.8 Å². The third-order valence-electron chi connectivity index (χ3n) is 3.72. The fourth-order valence-electron chi connectivity index (χ4n) is 2.59. The summed E-state index contributed by atoms with van der Waals surface area (Å²) in [5.74, 6) is 1.79. The summed E-state index contributed by atoms with van der Waals surface area (Å²) in [6.07, 6.45) is 3.81. The van der Waals surface area contributed by atoms with Crippen LogP contribution in [0.3, 0.4) is 0 Å². The number of thiophene rings is 1. The van der Waals surface area contributed by atoms with Crippen LogP contribution in [0.25, 0.3) is 10.8 Å². The summed E-state index contributed by atoms with van der Waals surface area (Å²) < 4.78 is 10.6. The highest BCUT2D eigenvalue weighted by Gasteiger charge is 2.21. The first-order chi connectivity index (χ1) is 10.3. The van der Waals surface area contributed by atoms with Crippen molar-refractivity contribution in [2.75, 3.05) is 26.7 Å². The van der Waals surface area contributed by atoms with E-state index in [1.807, 2.05) is 11.4 Å². The number of aromatic nitrogens is 2. The first kappa shape index (κ1) is 14.5. The van der Waals surface area contributed by atoms with Crippen molar-refractivity contribution in [2.45, 2.75) is 25.3 Å². The molecular formula is C14H20N4O2S. The molecular weight excluding hydrogens is 288 g/mol. The van der Waals surface area contributed by atoms with Crippen LogP contribution in [-0.2, 0) is 0 Å². The second-order valence-electron chi connectivity index (χ2n) is 5.24. The average Bonchev–Trinajstić information content (AvgIpc) is 3.16. The summed E-state index contributed by atoms with van der Waals surface area (Å²) in [7, 11) is 1.63. The van der Waals surface area contributed by atoms with Gasteiger partial charge in [-0.05, 0) is 37.4 Å². The van der Waals surface area contributed by atoms with Gasteiger partial charge < -0.3 is 19.9 Å². The molecule has 2 aromatic heterocycles. The number of nitrogens with two attached hydrogens (primary N) is 1. The van der Waals surface area contributed by atoms with Crippen molar-refractivity contribution >= 4 is 11.3 Å². The van der Waals surface area contributed by atoms with E-state index >= 15 is 0 Å². The molecule has 2 N–H and O–H groups in total. The second kappa shape index (κ2) is 6.55. The molecule has 0 spiro atoms. The summed E-state index contributed by atoms with van der Waals surface area (Å²) in [6.45, 7) is 2.99. The quantitative estimate of drug-likeness (QED) is 0.913. The first-order valence-electron chi connectivity index (χ1n) is 7.21. The number of methoxy groups -OCH3 is 1. The number of hydrogen-bond acceptors (Lipinski definition) is 7. The molecule has 114 valence electrons. The minimum Gasteiger partial charge on any atom is -0.495 e. The molecule has 21 heavy (non-hydrogen) atoms. The van der Waals surface area contributed by atoms with Crippen LogP contribution in [0.2, 0.25) is 0 Å². The van der Waals surface area contributed by atoms with Crippen LogP contribution in [0.15, 0.2) is 16.0 Å². The maximum Gasteiger partial charge on any atom is 0.271 e. The highest BCUT2D eigenvalue weighted by atomic mass is 32.1. The zero-order chi connectivity index (χ0) is 14.7. The molecule has 6 nitrogen and oxygen atoms in total. The number of piperidine rings is 1. The fraction of sp³-hybridized carbons (Fsp3) is 0.571. The molecule has 1 atom stereocenters. The van der Waals surface area contributed by atoms with Gasteiger partial charge in [-0.25, -0.2) is 0 Å². The Morgan fingerprint density at radius 2 is 2.24 bits per heavy atom. The lowest BCUT2D eigenvalue weighted by Gasteiger charge is -2.27. The average molecular weight is 308 g/mol. The van der Waals surface area contributed by atoms with Gasteiger partial charge in [0.15, 0.2) is 5.82 Å². The Balaban J connectivity index is 1.69. The number of rotatable bonds is 5. The largest absolute Gasteiger partial charge is 0.495 e. The Labute approximate surface area is 127 Å². The van der Waals surface area contributed by atoms with Crippen LogP contribution in [0.4, 0.5) is 0 Å². The van der Waals surface area contributed by atoms with E-state index < -0.39 is 0 Å². The molecule has 1 saturated heterocycles. The Hall–Kier alpha value is -1.44. The molecule has 0 bridgehead atoms. The summed E-state index contributed by atoms with van der Waals surface area (Å²) in [5, 5.41) is 5.96. The van der Waals surface area contributed by atoms with Crippen LogP contribution < -0.4 is 10.5 Å². The van der Waals surface area contributed by atoms with Crippen molar-refractivity contribution in [1.29, 1.82) is 0 Å². The van der Waals surface area contributed by atoms with Gasteiger partial charge in [-0.2, -0.15) is 4.98 Å². The topological polar surface area (TPSA) is 77.4 Å². The maximum absolute atomic E-state index is 6.21. The molecule has 1 unspecified atom stereocenters. The van der Waals surface area contributed by atoms with Crippen LogP contribution in [0, 0.1) is 0 Å². The third-order valence-corrected chi connectivity index (χ3v) is 4.60. The number of nitrogens with zero attached hydrogens (tertiary/aromatic N) is 3. The van der Waals surface area contributed by atoms with Gasteiger partial charge in [-0.3, -0.25) is 0 Å². The van der Waals surface area contributed by atoms with E-state index in [-0.39, 0.29) is 6.04 Å². The highest BCUT2D eigenvalue weighted by molar-refractivity contribution is 7.13. The minimum absolute atomic E-state index is 0.216. The lowest BCUT2D eigenvalue weighted by Crippen LogP contribution is -2.36. The van der Waals surface area contributed by atoms with Crippen LogP contribution >= 0.6 is 11.3 Å². The summed E-state index contributed by atoms with van der Waals surface area (Å²) in [6, 6.07) is 1.67. The van der Waals surface area contributed by atoms with E-state index in [9.17, 15) is 0 Å². The lowest BCUT2D eigenvalue weighted by molar-refractivity contribution is 0.213. The Kier molecular flexibility index (Phi) is 4.52. The fourth-order valence-corrected chi connectivity index (χ4v) is 3.37. The van der Waals surface area contributed by atoms with Crippen molar-refractivity contribution in [3.05, 3.63) is 17.3 Å². The van der Waals surface area contributed by atoms with Gasteiger partial charge in [0.1, 0.15) is 10.6 Å². The summed E-state index contributed by atoms with van der Waals surface area (Å²) in [4.78, 5) is 7.65. The van der Waals surface area contributed by atoms with Crippen molar-refractivity contribution in [2.24, 2.45) is 5.73 Å². The van der Waals surface area contributed by atoms with Crippen molar-refractivity contribution in [1.82, 2.24) is 15.0 Å². The maximum atomic E-state index is 6.21. The van der Waals surface area contributed by atoms with Crippen molar-refractivity contribution in [3.8, 4) is 16.5 Å². The van der Waals surface area contributed by atoms with Gasteiger partial charge in [0.2, 0.25) is 0 Å². The predicted molar refractivity (Wildman–Crippen MR) is 81.4 cm³/mol. The molecule has 7 heteroatoms. The van der Waals surface area contributed by atoms with Gasteiger partial charge in [0.25, 0.3) is 5.89 Å². The zero-order valence-electron chi connectivity index (χ0n) is 12.1. The van der Waals surface area contributed by atoms with Gasteiger partial charge in [-0.1, -0.05) is 11.6 Å². The summed E-state index contributed by atoms with van der Waals surface area (Å²) in [5.41, 5.74) is 6.21. The van der Waals surface area contributed by atoms with E-state index in [2.05, 4.69) is 15.0 Å². The molecule has 2 aromatic rings. The SMILES string of the molecule is COc1ccsc1-c1nc(C(N)CN2CCCCC2)no1. The van der Waals surface area contributed by atoms with E-state index in [1.54, 1.807) is 7.11 Å². The van der Waals surface area contributed by atoms with Gasteiger partial charge in [0, 0.05) is 6.54 Å². The normalized spacial score (nSPS) is 17.8. The molecule has 0 aromatic carbocycles. The van der Waals surface area contributed by atoms with Gasteiger partial charge in [0.05, 0.1) is 13.2 Å². The highest BCUT2D eigenvalue weighted by Crippen LogP contribution is 2.34. The predicted octanol–water partition coefficient (Wildman–Crippen LogP) is 2.29. The summed E-state index contributed by atoms with van der Waals surface area (Å²) >= 11 is 1.52. The molecule has 0 radical (unpaired) electrons. The van der Waals surface area contributed by atoms with E-state index in [0.29, 0.717) is 11.7 Å².